The van der Waals surface area contributed by atoms with E-state index < -0.39 is 0 Å². The first-order valence-electron chi connectivity index (χ1n) is 5.58. The maximum Gasteiger partial charge on any atom is 0.317 e. The zero-order chi connectivity index (χ0) is 10.7. The van der Waals surface area contributed by atoms with E-state index in [1.807, 2.05) is 7.05 Å². The van der Waals surface area contributed by atoms with Gasteiger partial charge >= 0.3 is 6.03 Å². The molecule has 2 N–H and O–H groups in total. The summed E-state index contributed by atoms with van der Waals surface area (Å²) in [7, 11) is 1.83. The third-order valence-corrected chi connectivity index (χ3v) is 2.74. The summed E-state index contributed by atoms with van der Waals surface area (Å²) in [5, 5.41) is 6.29. The molecular formula is C10H19N3O2. The molecule has 0 spiro atoms. The number of rotatable bonds is 3. The third kappa shape index (κ3) is 3.35. The van der Waals surface area contributed by atoms with E-state index in [1.54, 1.807) is 4.90 Å². The molecule has 2 fully saturated rings. The number of hydrogen-bond donors (Lipinski definition) is 2. The Morgan fingerprint density at radius 2 is 2.40 bits per heavy atom. The number of carbonyl (C=O) groups is 1. The van der Waals surface area contributed by atoms with Crippen LogP contribution in [-0.4, -0.2) is 56.4 Å². The van der Waals surface area contributed by atoms with E-state index >= 15 is 0 Å². The molecule has 86 valence electrons. The number of morpholine rings is 1. The molecule has 1 unspecified atom stereocenters. The Bertz CT molecular complexity index is 225. The molecule has 2 amide bonds. The maximum absolute atomic E-state index is 11.6. The van der Waals surface area contributed by atoms with Crippen LogP contribution in [0.5, 0.6) is 0 Å². The van der Waals surface area contributed by atoms with Crippen LogP contribution in [0.25, 0.3) is 0 Å². The van der Waals surface area contributed by atoms with Gasteiger partial charge in [0.1, 0.15) is 0 Å². The second-order valence-electron chi connectivity index (χ2n) is 4.33. The predicted molar refractivity (Wildman–Crippen MR) is 56.8 cm³/mol. The Morgan fingerprint density at radius 1 is 1.60 bits per heavy atom. The van der Waals surface area contributed by atoms with Crippen molar-refractivity contribution in [3.05, 3.63) is 0 Å². The van der Waals surface area contributed by atoms with Crippen molar-refractivity contribution in [3.8, 4) is 0 Å². The van der Waals surface area contributed by atoms with E-state index in [1.165, 1.54) is 0 Å². The molecule has 0 aromatic carbocycles. The van der Waals surface area contributed by atoms with Crippen LogP contribution in [0.2, 0.25) is 0 Å². The lowest BCUT2D eigenvalue weighted by atomic mass is 10.2. The van der Waals surface area contributed by atoms with Crippen molar-refractivity contribution in [3.63, 3.8) is 0 Å². The van der Waals surface area contributed by atoms with Crippen molar-refractivity contribution in [1.29, 1.82) is 0 Å². The minimum absolute atomic E-state index is 0.0323. The van der Waals surface area contributed by atoms with Crippen LogP contribution >= 0.6 is 0 Å². The summed E-state index contributed by atoms with van der Waals surface area (Å²) in [4.78, 5) is 13.3. The fourth-order valence-corrected chi connectivity index (χ4v) is 1.66. The van der Waals surface area contributed by atoms with Gasteiger partial charge in [0.15, 0.2) is 0 Å². The summed E-state index contributed by atoms with van der Waals surface area (Å²) in [6.07, 6.45) is 2.26. The maximum atomic E-state index is 11.6. The van der Waals surface area contributed by atoms with Crippen LogP contribution < -0.4 is 10.6 Å². The molecule has 5 heteroatoms. The molecule has 0 bridgehead atoms. The molecule has 1 atom stereocenters. The Morgan fingerprint density at radius 3 is 3.00 bits per heavy atom. The Balaban J connectivity index is 1.69. The molecule has 1 saturated heterocycles. The van der Waals surface area contributed by atoms with Gasteiger partial charge in [-0.2, -0.15) is 0 Å². The highest BCUT2D eigenvalue weighted by Crippen LogP contribution is 2.18. The van der Waals surface area contributed by atoms with Crippen LogP contribution in [0.3, 0.4) is 0 Å². The van der Waals surface area contributed by atoms with E-state index in [4.69, 9.17) is 4.74 Å². The normalized spacial score (nSPS) is 26.1. The quantitative estimate of drug-likeness (QED) is 0.681. The van der Waals surface area contributed by atoms with Crippen molar-refractivity contribution >= 4 is 6.03 Å². The van der Waals surface area contributed by atoms with Crippen molar-refractivity contribution in [2.45, 2.75) is 24.9 Å². The number of likely N-dealkylation sites (N-methyl/N-ethyl adjacent to an activating group) is 1. The number of nitrogens with one attached hydrogen (secondary N) is 2. The largest absolute Gasteiger partial charge is 0.378 e. The summed E-state index contributed by atoms with van der Waals surface area (Å²) in [6, 6.07) is 0.731. The Labute approximate surface area is 90.1 Å². The highest BCUT2D eigenvalue weighted by atomic mass is 16.5. The molecule has 5 nitrogen and oxygen atoms in total. The second kappa shape index (κ2) is 4.81. The third-order valence-electron chi connectivity index (χ3n) is 2.74. The number of nitrogens with zero attached hydrogens (tertiary/aromatic N) is 1. The summed E-state index contributed by atoms with van der Waals surface area (Å²) in [6.45, 7) is 3.05. The van der Waals surface area contributed by atoms with Crippen LogP contribution in [0.15, 0.2) is 0 Å². The predicted octanol–water partition coefficient (Wildman–Crippen LogP) is -0.221. The average molecular weight is 213 g/mol. The van der Waals surface area contributed by atoms with Crippen molar-refractivity contribution in [2.24, 2.45) is 0 Å². The fourth-order valence-electron chi connectivity index (χ4n) is 1.66. The van der Waals surface area contributed by atoms with E-state index in [0.29, 0.717) is 19.2 Å². The Kier molecular flexibility index (Phi) is 3.43. The van der Waals surface area contributed by atoms with Crippen molar-refractivity contribution in [2.75, 3.05) is 33.4 Å². The fraction of sp³-hybridized carbons (Fsp3) is 0.900. The minimum atomic E-state index is 0.0323. The average Bonchev–Trinajstić information content (AvgIpc) is 3.03. The molecule has 1 aliphatic carbocycles. The van der Waals surface area contributed by atoms with E-state index in [-0.39, 0.29) is 12.1 Å². The van der Waals surface area contributed by atoms with Crippen LogP contribution in [0.1, 0.15) is 12.8 Å². The molecule has 2 rings (SSSR count). The van der Waals surface area contributed by atoms with Gasteiger partial charge in [-0.15, -0.1) is 0 Å². The molecular weight excluding hydrogens is 194 g/mol. The monoisotopic (exact) mass is 213 g/mol. The first-order valence-corrected chi connectivity index (χ1v) is 5.58. The zero-order valence-corrected chi connectivity index (χ0v) is 9.16. The summed E-state index contributed by atoms with van der Waals surface area (Å²) < 4.78 is 5.34. The number of amides is 2. The number of urea groups is 1. The smallest absolute Gasteiger partial charge is 0.317 e. The van der Waals surface area contributed by atoms with Gasteiger partial charge < -0.3 is 20.3 Å². The molecule has 1 aliphatic heterocycles. The summed E-state index contributed by atoms with van der Waals surface area (Å²) in [5.41, 5.74) is 0. The van der Waals surface area contributed by atoms with Gasteiger partial charge in [0.2, 0.25) is 0 Å². The molecule has 2 aliphatic rings. The molecule has 1 heterocycles. The lowest BCUT2D eigenvalue weighted by molar-refractivity contribution is 0.0684. The molecule has 0 aromatic heterocycles. The lowest BCUT2D eigenvalue weighted by Crippen LogP contribution is -2.50. The molecule has 15 heavy (non-hydrogen) atoms. The number of hydrogen-bond acceptors (Lipinski definition) is 3. The van der Waals surface area contributed by atoms with Gasteiger partial charge in [-0.05, 0) is 12.8 Å². The van der Waals surface area contributed by atoms with Crippen molar-refractivity contribution < 1.29 is 9.53 Å². The topological polar surface area (TPSA) is 53.6 Å². The second-order valence-corrected chi connectivity index (χ2v) is 4.33. The van der Waals surface area contributed by atoms with Gasteiger partial charge in [0.05, 0.1) is 13.2 Å². The molecule has 1 saturated carbocycles. The molecule has 0 aromatic rings. The first kappa shape index (κ1) is 10.7. The van der Waals surface area contributed by atoms with E-state index in [9.17, 15) is 4.79 Å². The zero-order valence-electron chi connectivity index (χ0n) is 9.16. The van der Waals surface area contributed by atoms with Gasteiger partial charge in [-0.3, -0.25) is 0 Å². The van der Waals surface area contributed by atoms with Gasteiger partial charge in [0.25, 0.3) is 0 Å². The van der Waals surface area contributed by atoms with E-state index in [2.05, 4.69) is 10.6 Å². The van der Waals surface area contributed by atoms with Crippen LogP contribution in [-0.2, 0) is 4.74 Å². The SMILES string of the molecule is CN(CC1COCCN1)C(=O)NC1CC1. The first-order chi connectivity index (χ1) is 7.25. The van der Waals surface area contributed by atoms with Gasteiger partial charge in [-0.25, -0.2) is 4.79 Å². The number of carbonyl (C=O) groups excluding carboxylic acids is 1. The lowest BCUT2D eigenvalue weighted by Gasteiger charge is -2.28. The standard InChI is InChI=1S/C10H19N3O2/c1-13(10(14)12-8-2-3-8)6-9-7-15-5-4-11-9/h8-9,11H,2-7H2,1H3,(H,12,14). The molecule has 0 radical (unpaired) electrons. The van der Waals surface area contributed by atoms with Crippen molar-refractivity contribution in [1.82, 2.24) is 15.5 Å². The number of ether oxygens (including phenoxy) is 1. The van der Waals surface area contributed by atoms with Crippen LogP contribution in [0.4, 0.5) is 4.79 Å². The summed E-state index contributed by atoms with van der Waals surface area (Å²) in [5.74, 6) is 0. The minimum Gasteiger partial charge on any atom is -0.378 e. The van der Waals surface area contributed by atoms with Crippen LogP contribution in [0, 0.1) is 0 Å². The van der Waals surface area contributed by atoms with Gasteiger partial charge in [0, 0.05) is 32.2 Å². The van der Waals surface area contributed by atoms with E-state index in [0.717, 1.165) is 26.0 Å². The summed E-state index contributed by atoms with van der Waals surface area (Å²) >= 11 is 0. The Hall–Kier alpha value is -0.810. The van der Waals surface area contributed by atoms with Gasteiger partial charge in [-0.1, -0.05) is 0 Å². The highest BCUT2D eigenvalue weighted by Gasteiger charge is 2.25. The highest BCUT2D eigenvalue weighted by molar-refractivity contribution is 5.74.